The summed E-state index contributed by atoms with van der Waals surface area (Å²) in [6, 6.07) is 11.1. The second kappa shape index (κ2) is 7.00. The van der Waals surface area contributed by atoms with E-state index >= 15 is 0 Å². The molecule has 120 valence electrons. The Labute approximate surface area is 139 Å². The molecule has 2 heterocycles. The summed E-state index contributed by atoms with van der Waals surface area (Å²) in [7, 11) is 0. The number of aromatic nitrogens is 2. The molecule has 0 saturated carbocycles. The van der Waals surface area contributed by atoms with Gasteiger partial charge in [0.15, 0.2) is 5.76 Å². The lowest BCUT2D eigenvalue weighted by Gasteiger charge is -2.12. The van der Waals surface area contributed by atoms with Crippen molar-refractivity contribution in [3.8, 4) is 11.5 Å². The van der Waals surface area contributed by atoms with Crippen LogP contribution in [0.1, 0.15) is 23.0 Å². The van der Waals surface area contributed by atoms with Crippen LogP contribution in [-0.2, 0) is 6.54 Å². The van der Waals surface area contributed by atoms with Gasteiger partial charge in [0.2, 0.25) is 0 Å². The summed E-state index contributed by atoms with van der Waals surface area (Å²) < 4.78 is 5.62. The first-order valence-electron chi connectivity index (χ1n) is 7.37. The first-order chi connectivity index (χ1) is 11.1. The number of hydrogen-bond donors (Lipinski definition) is 3. The van der Waals surface area contributed by atoms with Crippen LogP contribution in [0, 0.1) is 6.92 Å². The van der Waals surface area contributed by atoms with Gasteiger partial charge < -0.3 is 14.8 Å². The largest absolute Gasteiger partial charge is 0.460 e. The van der Waals surface area contributed by atoms with E-state index in [-0.39, 0.29) is 0 Å². The van der Waals surface area contributed by atoms with Gasteiger partial charge in [0.05, 0.1) is 12.3 Å². The van der Waals surface area contributed by atoms with E-state index in [0.29, 0.717) is 18.1 Å². The number of nitrogens with zero attached hydrogens (tertiary/aromatic N) is 1. The normalized spacial score (nSPS) is 12.5. The standard InChI is InChI=1S/C17H18ClN3O2/c1-11-5-6-16(23-11)17-13(9-20-21-17)8-19-10-15(22)12-3-2-4-14(18)7-12/h2-7,9,15,19,22H,8,10H2,1H3,(H,20,21)/t15-/m1/s1. The van der Waals surface area contributed by atoms with E-state index in [9.17, 15) is 5.11 Å². The molecule has 3 N–H and O–H groups in total. The second-order valence-corrected chi connectivity index (χ2v) is 5.82. The number of nitrogens with one attached hydrogen (secondary N) is 2. The third kappa shape index (κ3) is 3.82. The van der Waals surface area contributed by atoms with E-state index in [2.05, 4.69) is 15.5 Å². The van der Waals surface area contributed by atoms with Gasteiger partial charge in [-0.25, -0.2) is 0 Å². The summed E-state index contributed by atoms with van der Waals surface area (Å²) in [5.41, 5.74) is 2.62. The number of aryl methyl sites for hydroxylation is 1. The Hall–Kier alpha value is -2.08. The smallest absolute Gasteiger partial charge is 0.152 e. The Kier molecular flexibility index (Phi) is 4.81. The first-order valence-corrected chi connectivity index (χ1v) is 7.74. The van der Waals surface area contributed by atoms with Gasteiger partial charge in [-0.05, 0) is 36.8 Å². The molecule has 0 aliphatic rings. The predicted molar refractivity (Wildman–Crippen MR) is 89.1 cm³/mol. The highest BCUT2D eigenvalue weighted by molar-refractivity contribution is 6.30. The first kappa shape index (κ1) is 15.8. The van der Waals surface area contributed by atoms with Gasteiger partial charge in [-0.15, -0.1) is 0 Å². The average molecular weight is 332 g/mol. The van der Waals surface area contributed by atoms with Gasteiger partial charge in [-0.1, -0.05) is 23.7 Å². The molecule has 0 saturated heterocycles. The molecule has 2 aromatic heterocycles. The van der Waals surface area contributed by atoms with Crippen molar-refractivity contribution in [3.05, 3.63) is 64.5 Å². The van der Waals surface area contributed by atoms with Crippen molar-refractivity contribution in [3.63, 3.8) is 0 Å². The molecule has 1 atom stereocenters. The van der Waals surface area contributed by atoms with Crippen LogP contribution in [0.3, 0.4) is 0 Å². The van der Waals surface area contributed by atoms with Crippen LogP contribution in [0.2, 0.25) is 5.02 Å². The van der Waals surface area contributed by atoms with Crippen molar-refractivity contribution in [2.75, 3.05) is 6.54 Å². The fraction of sp³-hybridized carbons (Fsp3) is 0.235. The van der Waals surface area contributed by atoms with Crippen molar-refractivity contribution in [2.24, 2.45) is 0 Å². The Bertz CT molecular complexity index is 782. The Morgan fingerprint density at radius 3 is 2.96 bits per heavy atom. The monoisotopic (exact) mass is 331 g/mol. The zero-order chi connectivity index (χ0) is 16.2. The van der Waals surface area contributed by atoms with Gasteiger partial charge in [-0.3, -0.25) is 5.10 Å². The summed E-state index contributed by atoms with van der Waals surface area (Å²) in [5.74, 6) is 1.61. The second-order valence-electron chi connectivity index (χ2n) is 5.38. The van der Waals surface area contributed by atoms with Crippen LogP contribution in [-0.4, -0.2) is 21.8 Å². The van der Waals surface area contributed by atoms with E-state index in [0.717, 1.165) is 28.3 Å². The molecular weight excluding hydrogens is 314 g/mol. The quantitative estimate of drug-likeness (QED) is 0.646. The zero-order valence-electron chi connectivity index (χ0n) is 12.7. The molecule has 0 aliphatic heterocycles. The highest BCUT2D eigenvalue weighted by atomic mass is 35.5. The van der Waals surface area contributed by atoms with Crippen molar-refractivity contribution in [1.82, 2.24) is 15.5 Å². The minimum Gasteiger partial charge on any atom is -0.460 e. The molecule has 6 heteroatoms. The predicted octanol–water partition coefficient (Wildman–Crippen LogP) is 3.45. The summed E-state index contributed by atoms with van der Waals surface area (Å²) in [6.07, 6.45) is 1.14. The number of aromatic amines is 1. The lowest BCUT2D eigenvalue weighted by Crippen LogP contribution is -2.21. The summed E-state index contributed by atoms with van der Waals surface area (Å²) in [4.78, 5) is 0. The number of aliphatic hydroxyl groups excluding tert-OH is 1. The molecule has 0 aliphatic carbocycles. The van der Waals surface area contributed by atoms with Crippen LogP contribution in [0.4, 0.5) is 0 Å². The molecule has 3 rings (SSSR count). The average Bonchev–Trinajstić information content (AvgIpc) is 3.16. The minimum atomic E-state index is -0.616. The summed E-state index contributed by atoms with van der Waals surface area (Å²) >= 11 is 5.94. The minimum absolute atomic E-state index is 0.419. The Balaban J connectivity index is 1.60. The van der Waals surface area contributed by atoms with Gasteiger partial charge in [0.1, 0.15) is 11.5 Å². The highest BCUT2D eigenvalue weighted by Gasteiger charge is 2.12. The maximum atomic E-state index is 10.2. The van der Waals surface area contributed by atoms with Crippen LogP contribution in [0.5, 0.6) is 0 Å². The zero-order valence-corrected chi connectivity index (χ0v) is 13.5. The molecule has 3 aromatic rings. The van der Waals surface area contributed by atoms with E-state index in [1.54, 1.807) is 18.3 Å². The molecular formula is C17H18ClN3O2. The number of aliphatic hydroxyl groups is 1. The van der Waals surface area contributed by atoms with E-state index in [1.807, 2.05) is 31.2 Å². The van der Waals surface area contributed by atoms with Gasteiger partial charge in [0.25, 0.3) is 0 Å². The van der Waals surface area contributed by atoms with Gasteiger partial charge >= 0.3 is 0 Å². The van der Waals surface area contributed by atoms with Crippen LogP contribution < -0.4 is 5.32 Å². The number of halogens is 1. The van der Waals surface area contributed by atoms with E-state index in [4.69, 9.17) is 16.0 Å². The molecule has 5 nitrogen and oxygen atoms in total. The fourth-order valence-corrected chi connectivity index (χ4v) is 2.60. The molecule has 1 aromatic carbocycles. The Morgan fingerprint density at radius 2 is 2.22 bits per heavy atom. The van der Waals surface area contributed by atoms with Crippen molar-refractivity contribution in [2.45, 2.75) is 19.6 Å². The molecule has 0 amide bonds. The molecule has 0 bridgehead atoms. The number of hydrogen-bond acceptors (Lipinski definition) is 4. The SMILES string of the molecule is Cc1ccc(-c2[nH]ncc2CNC[C@@H](O)c2cccc(Cl)c2)o1. The summed E-state index contributed by atoms with van der Waals surface area (Å²) in [5, 5.41) is 21.1. The fourth-order valence-electron chi connectivity index (χ4n) is 2.40. The Morgan fingerprint density at radius 1 is 1.35 bits per heavy atom. The maximum absolute atomic E-state index is 10.2. The summed E-state index contributed by atoms with van der Waals surface area (Å²) in [6.45, 7) is 2.89. The maximum Gasteiger partial charge on any atom is 0.152 e. The molecule has 0 fully saturated rings. The lowest BCUT2D eigenvalue weighted by atomic mass is 10.1. The van der Waals surface area contributed by atoms with Gasteiger partial charge in [0, 0.05) is 23.7 Å². The molecule has 0 spiro atoms. The number of benzene rings is 1. The van der Waals surface area contributed by atoms with Crippen LogP contribution in [0.15, 0.2) is 47.0 Å². The molecule has 0 radical (unpaired) electrons. The number of furan rings is 1. The van der Waals surface area contributed by atoms with Gasteiger partial charge in [-0.2, -0.15) is 5.10 Å². The topological polar surface area (TPSA) is 74.1 Å². The number of H-pyrrole nitrogens is 1. The lowest BCUT2D eigenvalue weighted by molar-refractivity contribution is 0.174. The van der Waals surface area contributed by atoms with Crippen LogP contribution >= 0.6 is 11.6 Å². The van der Waals surface area contributed by atoms with Crippen molar-refractivity contribution >= 4 is 11.6 Å². The number of rotatable bonds is 6. The van der Waals surface area contributed by atoms with E-state index in [1.165, 1.54) is 0 Å². The third-order valence-electron chi connectivity index (χ3n) is 3.59. The highest BCUT2D eigenvalue weighted by Crippen LogP contribution is 2.23. The van der Waals surface area contributed by atoms with E-state index < -0.39 is 6.10 Å². The third-order valence-corrected chi connectivity index (χ3v) is 3.83. The molecule has 0 unspecified atom stereocenters. The van der Waals surface area contributed by atoms with Crippen molar-refractivity contribution in [1.29, 1.82) is 0 Å². The molecule has 23 heavy (non-hydrogen) atoms. The van der Waals surface area contributed by atoms with Crippen LogP contribution in [0.25, 0.3) is 11.5 Å². The van der Waals surface area contributed by atoms with Crippen molar-refractivity contribution < 1.29 is 9.52 Å².